The normalized spacial score (nSPS) is 20.9. The zero-order valence-corrected chi connectivity index (χ0v) is 5.02. The van der Waals surface area contributed by atoms with Crippen molar-refractivity contribution in [2.75, 3.05) is 7.05 Å². The Balaban J connectivity index is 2.49. The van der Waals surface area contributed by atoms with Crippen LogP contribution in [0.1, 0.15) is 12.8 Å². The Morgan fingerprint density at radius 2 is 2.38 bits per heavy atom. The first-order chi connectivity index (χ1) is 3.88. The highest BCUT2D eigenvalue weighted by molar-refractivity contribution is 6.31. The van der Waals surface area contributed by atoms with Crippen molar-refractivity contribution in [2.24, 2.45) is 10.9 Å². The number of nitrogens with one attached hydrogen (secondary N) is 1. The molecule has 1 aliphatic carbocycles. The Hall–Kier alpha value is -0.660. The fourth-order valence-corrected chi connectivity index (χ4v) is 0.744. The van der Waals surface area contributed by atoms with Crippen LogP contribution in [0.3, 0.4) is 0 Å². The average molecular weight is 110 g/mol. The van der Waals surface area contributed by atoms with Crippen LogP contribution in [0.4, 0.5) is 0 Å². The molecule has 0 saturated heterocycles. The predicted molar refractivity (Wildman–Crippen MR) is 34.9 cm³/mol. The molecule has 0 aromatic rings. The lowest BCUT2D eigenvalue weighted by molar-refractivity contribution is 1.19. The maximum absolute atomic E-state index is 6.87. The molecule has 1 N–H and O–H groups in total. The smallest absolute Gasteiger partial charge is 0.0551 e. The van der Waals surface area contributed by atoms with Crippen molar-refractivity contribution in [3.63, 3.8) is 0 Å². The molecule has 0 amide bonds. The van der Waals surface area contributed by atoms with Gasteiger partial charge in [-0.05, 0) is 12.8 Å². The van der Waals surface area contributed by atoms with E-state index >= 15 is 0 Å². The van der Waals surface area contributed by atoms with Gasteiger partial charge in [-0.1, -0.05) is 0 Å². The van der Waals surface area contributed by atoms with Crippen LogP contribution in [0.15, 0.2) is 4.99 Å². The van der Waals surface area contributed by atoms with Crippen molar-refractivity contribution < 1.29 is 0 Å². The lowest BCUT2D eigenvalue weighted by Gasteiger charge is -1.88. The standard InChI is InChI=1S/C6H10N2/c1-8-6(4-7)5-2-3-5/h4-5,7H,2-3H2,1H3. The van der Waals surface area contributed by atoms with Crippen molar-refractivity contribution in [3.8, 4) is 0 Å². The number of nitrogens with zero attached hydrogens (tertiary/aromatic N) is 1. The van der Waals surface area contributed by atoms with Gasteiger partial charge in [-0.2, -0.15) is 0 Å². The van der Waals surface area contributed by atoms with Crippen LogP contribution < -0.4 is 0 Å². The quantitative estimate of drug-likeness (QED) is 0.517. The van der Waals surface area contributed by atoms with E-state index in [1.807, 2.05) is 0 Å². The van der Waals surface area contributed by atoms with Crippen LogP contribution in [0.5, 0.6) is 0 Å². The molecule has 0 aromatic carbocycles. The molecule has 0 spiro atoms. The van der Waals surface area contributed by atoms with Gasteiger partial charge in [0, 0.05) is 19.2 Å². The summed E-state index contributed by atoms with van der Waals surface area (Å²) >= 11 is 0. The average Bonchev–Trinajstić information content (AvgIpc) is 2.53. The molecular weight excluding hydrogens is 100 g/mol. The van der Waals surface area contributed by atoms with Gasteiger partial charge in [-0.15, -0.1) is 0 Å². The molecule has 0 aliphatic heterocycles. The van der Waals surface area contributed by atoms with Crippen LogP contribution in [-0.4, -0.2) is 19.0 Å². The zero-order valence-electron chi connectivity index (χ0n) is 5.02. The molecule has 0 heterocycles. The van der Waals surface area contributed by atoms with Gasteiger partial charge in [-0.25, -0.2) is 0 Å². The molecule has 1 rings (SSSR count). The fourth-order valence-electron chi connectivity index (χ4n) is 0.744. The van der Waals surface area contributed by atoms with E-state index in [9.17, 15) is 0 Å². The molecule has 0 aromatic heterocycles. The SMILES string of the molecule is CN=C(C=N)C1CC1. The molecule has 0 unspecified atom stereocenters. The van der Waals surface area contributed by atoms with Crippen molar-refractivity contribution in [3.05, 3.63) is 0 Å². The maximum atomic E-state index is 6.87. The van der Waals surface area contributed by atoms with Gasteiger partial charge in [-0.3, -0.25) is 4.99 Å². The van der Waals surface area contributed by atoms with Crippen molar-refractivity contribution in [1.29, 1.82) is 5.41 Å². The minimum Gasteiger partial charge on any atom is -0.307 e. The minimum atomic E-state index is 0.637. The first-order valence-electron chi connectivity index (χ1n) is 2.85. The van der Waals surface area contributed by atoms with E-state index in [0.29, 0.717) is 5.92 Å². The van der Waals surface area contributed by atoms with E-state index in [1.165, 1.54) is 19.1 Å². The molecule has 1 saturated carbocycles. The summed E-state index contributed by atoms with van der Waals surface area (Å²) < 4.78 is 0. The third kappa shape index (κ3) is 0.941. The highest BCUT2D eigenvalue weighted by atomic mass is 14.7. The highest BCUT2D eigenvalue weighted by Gasteiger charge is 2.25. The third-order valence-corrected chi connectivity index (χ3v) is 1.40. The van der Waals surface area contributed by atoms with Gasteiger partial charge in [0.05, 0.1) is 5.71 Å². The second-order valence-corrected chi connectivity index (χ2v) is 2.07. The topological polar surface area (TPSA) is 36.2 Å². The Bertz CT molecular complexity index is 122. The summed E-state index contributed by atoms with van der Waals surface area (Å²) in [5, 5.41) is 6.87. The molecule has 2 nitrogen and oxygen atoms in total. The van der Waals surface area contributed by atoms with Crippen molar-refractivity contribution >= 4 is 11.9 Å². The number of aliphatic imine (C=N–C) groups is 1. The lowest BCUT2D eigenvalue weighted by atomic mass is 10.3. The number of hydrogen-bond donors (Lipinski definition) is 1. The third-order valence-electron chi connectivity index (χ3n) is 1.40. The summed E-state index contributed by atoms with van der Waals surface area (Å²) in [5.41, 5.74) is 0.963. The van der Waals surface area contributed by atoms with Gasteiger partial charge in [0.2, 0.25) is 0 Å². The van der Waals surface area contributed by atoms with E-state index < -0.39 is 0 Å². The van der Waals surface area contributed by atoms with E-state index in [4.69, 9.17) is 5.41 Å². The Morgan fingerprint density at radius 1 is 1.75 bits per heavy atom. The van der Waals surface area contributed by atoms with E-state index in [2.05, 4.69) is 4.99 Å². The van der Waals surface area contributed by atoms with Gasteiger partial charge in [0.15, 0.2) is 0 Å². The van der Waals surface area contributed by atoms with Gasteiger partial charge < -0.3 is 5.41 Å². The Labute approximate surface area is 49.1 Å². The summed E-state index contributed by atoms with van der Waals surface area (Å²) in [6, 6.07) is 0. The maximum Gasteiger partial charge on any atom is 0.0551 e. The van der Waals surface area contributed by atoms with Crippen molar-refractivity contribution in [1.82, 2.24) is 0 Å². The predicted octanol–water partition coefficient (Wildman–Crippen LogP) is 1.12. The van der Waals surface area contributed by atoms with Crippen LogP contribution in [-0.2, 0) is 0 Å². The molecule has 1 fully saturated rings. The van der Waals surface area contributed by atoms with Crippen LogP contribution >= 0.6 is 0 Å². The van der Waals surface area contributed by atoms with E-state index in [0.717, 1.165) is 5.71 Å². The van der Waals surface area contributed by atoms with Crippen LogP contribution in [0.25, 0.3) is 0 Å². The first-order valence-corrected chi connectivity index (χ1v) is 2.85. The molecular formula is C6H10N2. The fraction of sp³-hybridized carbons (Fsp3) is 0.667. The molecule has 2 heteroatoms. The lowest BCUT2D eigenvalue weighted by Crippen LogP contribution is -2.00. The minimum absolute atomic E-state index is 0.637. The summed E-state index contributed by atoms with van der Waals surface area (Å²) in [6.07, 6.45) is 3.84. The zero-order chi connectivity index (χ0) is 5.98. The van der Waals surface area contributed by atoms with Crippen molar-refractivity contribution in [2.45, 2.75) is 12.8 Å². The summed E-state index contributed by atoms with van der Waals surface area (Å²) in [4.78, 5) is 3.94. The van der Waals surface area contributed by atoms with Gasteiger partial charge in [0.25, 0.3) is 0 Å². The molecule has 0 atom stereocenters. The van der Waals surface area contributed by atoms with Gasteiger partial charge in [0.1, 0.15) is 0 Å². The monoisotopic (exact) mass is 110 g/mol. The van der Waals surface area contributed by atoms with E-state index in [1.54, 1.807) is 7.05 Å². The number of hydrogen-bond acceptors (Lipinski definition) is 2. The molecule has 8 heavy (non-hydrogen) atoms. The number of rotatable bonds is 2. The summed E-state index contributed by atoms with van der Waals surface area (Å²) in [6.45, 7) is 0. The Kier molecular flexibility index (Phi) is 1.42. The van der Waals surface area contributed by atoms with E-state index in [-0.39, 0.29) is 0 Å². The molecule has 1 aliphatic rings. The van der Waals surface area contributed by atoms with Crippen LogP contribution in [0.2, 0.25) is 0 Å². The molecule has 44 valence electrons. The second-order valence-electron chi connectivity index (χ2n) is 2.07. The molecule has 0 radical (unpaired) electrons. The summed E-state index contributed by atoms with van der Waals surface area (Å²) in [5.74, 6) is 0.637. The largest absolute Gasteiger partial charge is 0.307 e. The second kappa shape index (κ2) is 2.07. The first kappa shape index (κ1) is 5.48. The molecule has 0 bridgehead atoms. The Morgan fingerprint density at radius 3 is 2.50 bits per heavy atom. The van der Waals surface area contributed by atoms with Crippen LogP contribution in [0, 0.1) is 11.3 Å². The summed E-state index contributed by atoms with van der Waals surface area (Å²) in [7, 11) is 1.75. The van der Waals surface area contributed by atoms with Gasteiger partial charge >= 0.3 is 0 Å². The highest BCUT2D eigenvalue weighted by Crippen LogP contribution is 2.29.